The second kappa shape index (κ2) is 5.55. The molecule has 1 aliphatic heterocycles. The van der Waals surface area contributed by atoms with E-state index >= 15 is 0 Å². The first-order chi connectivity index (χ1) is 8.49. The number of rotatable bonds is 2. The molecule has 0 amide bonds. The summed E-state index contributed by atoms with van der Waals surface area (Å²) >= 11 is 8.55. The maximum atomic E-state index is 9.99. The first-order valence-electron chi connectivity index (χ1n) is 6.01. The third-order valence-electron chi connectivity index (χ3n) is 3.48. The lowest BCUT2D eigenvalue weighted by Gasteiger charge is -2.36. The Morgan fingerprint density at radius 1 is 1.56 bits per heavy atom. The van der Waals surface area contributed by atoms with Gasteiger partial charge < -0.3 is 15.7 Å². The van der Waals surface area contributed by atoms with E-state index < -0.39 is 0 Å². The van der Waals surface area contributed by atoms with Gasteiger partial charge in [0.1, 0.15) is 4.99 Å². The molecule has 0 bridgehead atoms. The lowest BCUT2D eigenvalue weighted by Crippen LogP contribution is -2.43. The van der Waals surface area contributed by atoms with Crippen molar-refractivity contribution in [1.29, 1.82) is 0 Å². The SMILES string of the molecule is CC1CCN(c2cc(Br)ccc2C(N)=S)CC1O. The Hall–Kier alpha value is -0.650. The number of nitrogens with two attached hydrogens (primary N) is 1. The zero-order valence-corrected chi connectivity index (χ0v) is 12.7. The highest BCUT2D eigenvalue weighted by Crippen LogP contribution is 2.29. The van der Waals surface area contributed by atoms with Crippen LogP contribution in [0, 0.1) is 5.92 Å². The number of nitrogens with zero attached hydrogens (tertiary/aromatic N) is 1. The van der Waals surface area contributed by atoms with Crippen LogP contribution in [0.2, 0.25) is 0 Å². The summed E-state index contributed by atoms with van der Waals surface area (Å²) in [5, 5.41) is 9.99. The molecule has 2 atom stereocenters. The fourth-order valence-corrected chi connectivity index (χ4v) is 2.76. The number of aliphatic hydroxyl groups is 1. The summed E-state index contributed by atoms with van der Waals surface area (Å²) in [6, 6.07) is 5.87. The molecule has 2 unspecified atom stereocenters. The summed E-state index contributed by atoms with van der Waals surface area (Å²) in [7, 11) is 0. The van der Waals surface area contributed by atoms with E-state index in [2.05, 4.69) is 27.8 Å². The molecule has 5 heteroatoms. The Kier molecular flexibility index (Phi) is 4.25. The van der Waals surface area contributed by atoms with Crippen molar-refractivity contribution in [2.24, 2.45) is 11.7 Å². The van der Waals surface area contributed by atoms with Crippen LogP contribution in [0.1, 0.15) is 18.9 Å². The van der Waals surface area contributed by atoms with Gasteiger partial charge in [0.05, 0.1) is 6.10 Å². The van der Waals surface area contributed by atoms with Crippen molar-refractivity contribution in [2.75, 3.05) is 18.0 Å². The fraction of sp³-hybridized carbons (Fsp3) is 0.462. The lowest BCUT2D eigenvalue weighted by molar-refractivity contribution is 0.103. The van der Waals surface area contributed by atoms with Gasteiger partial charge in [0.15, 0.2) is 0 Å². The summed E-state index contributed by atoms with van der Waals surface area (Å²) in [5.74, 6) is 0.349. The van der Waals surface area contributed by atoms with Gasteiger partial charge in [0.2, 0.25) is 0 Å². The smallest absolute Gasteiger partial charge is 0.106 e. The van der Waals surface area contributed by atoms with Crippen molar-refractivity contribution in [2.45, 2.75) is 19.4 Å². The zero-order chi connectivity index (χ0) is 13.3. The predicted molar refractivity (Wildman–Crippen MR) is 82.0 cm³/mol. The Bertz CT molecular complexity index is 466. The normalized spacial score (nSPS) is 24.1. The first kappa shape index (κ1) is 13.8. The van der Waals surface area contributed by atoms with Crippen molar-refractivity contribution >= 4 is 38.8 Å². The first-order valence-corrected chi connectivity index (χ1v) is 7.21. The Balaban J connectivity index is 2.32. The Morgan fingerprint density at radius 3 is 2.89 bits per heavy atom. The highest BCUT2D eigenvalue weighted by atomic mass is 79.9. The molecule has 0 saturated carbocycles. The highest BCUT2D eigenvalue weighted by molar-refractivity contribution is 9.10. The molecule has 1 saturated heterocycles. The molecule has 2 rings (SSSR count). The predicted octanol–water partition coefficient (Wildman–Crippen LogP) is 2.29. The van der Waals surface area contributed by atoms with Gasteiger partial charge in [-0.2, -0.15) is 0 Å². The van der Waals surface area contributed by atoms with E-state index in [9.17, 15) is 5.11 Å². The van der Waals surface area contributed by atoms with Crippen LogP contribution >= 0.6 is 28.1 Å². The number of aliphatic hydroxyl groups excluding tert-OH is 1. The zero-order valence-electron chi connectivity index (χ0n) is 10.3. The molecule has 1 aromatic rings. The number of benzene rings is 1. The quantitative estimate of drug-likeness (QED) is 0.818. The van der Waals surface area contributed by atoms with Crippen LogP contribution in [0.15, 0.2) is 22.7 Å². The van der Waals surface area contributed by atoms with Crippen LogP contribution in [-0.2, 0) is 0 Å². The molecule has 3 nitrogen and oxygen atoms in total. The van der Waals surface area contributed by atoms with E-state index in [0.29, 0.717) is 17.5 Å². The Labute approximate surface area is 121 Å². The van der Waals surface area contributed by atoms with Crippen molar-refractivity contribution in [3.63, 3.8) is 0 Å². The third kappa shape index (κ3) is 2.84. The molecule has 18 heavy (non-hydrogen) atoms. The van der Waals surface area contributed by atoms with Crippen molar-refractivity contribution in [3.8, 4) is 0 Å². The molecule has 0 aromatic heterocycles. The van der Waals surface area contributed by atoms with E-state index in [1.807, 2.05) is 18.2 Å². The fourth-order valence-electron chi connectivity index (χ4n) is 2.24. The van der Waals surface area contributed by atoms with Crippen LogP contribution in [0.4, 0.5) is 5.69 Å². The molecule has 0 aliphatic carbocycles. The number of hydrogen-bond acceptors (Lipinski definition) is 3. The number of anilines is 1. The van der Waals surface area contributed by atoms with Crippen LogP contribution < -0.4 is 10.6 Å². The van der Waals surface area contributed by atoms with Crippen LogP contribution in [-0.4, -0.2) is 29.3 Å². The molecule has 3 N–H and O–H groups in total. The highest BCUT2D eigenvalue weighted by Gasteiger charge is 2.26. The summed E-state index contributed by atoms with van der Waals surface area (Å²) < 4.78 is 0.991. The van der Waals surface area contributed by atoms with Crippen molar-refractivity contribution in [3.05, 3.63) is 28.2 Å². The number of hydrogen-bond donors (Lipinski definition) is 2. The molecular weight excluding hydrogens is 312 g/mol. The maximum Gasteiger partial charge on any atom is 0.106 e. The maximum absolute atomic E-state index is 9.99. The standard InChI is InChI=1S/C13H17BrN2OS/c1-8-4-5-16(7-12(8)17)11-6-9(14)2-3-10(11)13(15)18/h2-3,6,8,12,17H,4-5,7H2,1H3,(H2,15,18). The van der Waals surface area contributed by atoms with Gasteiger partial charge >= 0.3 is 0 Å². The van der Waals surface area contributed by atoms with Crippen molar-refractivity contribution < 1.29 is 5.11 Å². The molecule has 1 aliphatic rings. The van der Waals surface area contributed by atoms with E-state index in [1.165, 1.54) is 0 Å². The second-order valence-electron chi connectivity index (χ2n) is 4.81. The molecular formula is C13H17BrN2OS. The van der Waals surface area contributed by atoms with Gasteiger partial charge in [-0.25, -0.2) is 0 Å². The summed E-state index contributed by atoms with van der Waals surface area (Å²) in [6.45, 7) is 3.63. The van der Waals surface area contributed by atoms with Crippen LogP contribution in [0.5, 0.6) is 0 Å². The molecule has 98 valence electrons. The van der Waals surface area contributed by atoms with Crippen LogP contribution in [0.25, 0.3) is 0 Å². The Morgan fingerprint density at radius 2 is 2.28 bits per heavy atom. The number of halogens is 1. The van der Waals surface area contributed by atoms with E-state index in [0.717, 1.165) is 28.7 Å². The van der Waals surface area contributed by atoms with E-state index in [-0.39, 0.29) is 6.10 Å². The van der Waals surface area contributed by atoms with Gasteiger partial charge in [-0.05, 0) is 30.5 Å². The molecule has 1 heterocycles. The van der Waals surface area contributed by atoms with Gasteiger partial charge in [-0.1, -0.05) is 35.1 Å². The largest absolute Gasteiger partial charge is 0.391 e. The average molecular weight is 329 g/mol. The topological polar surface area (TPSA) is 49.5 Å². The van der Waals surface area contributed by atoms with Gasteiger partial charge in [0.25, 0.3) is 0 Å². The number of piperidine rings is 1. The summed E-state index contributed by atoms with van der Waals surface area (Å²) in [5.41, 5.74) is 7.63. The minimum Gasteiger partial charge on any atom is -0.391 e. The second-order valence-corrected chi connectivity index (χ2v) is 6.16. The van der Waals surface area contributed by atoms with Gasteiger partial charge in [-0.3, -0.25) is 0 Å². The van der Waals surface area contributed by atoms with Gasteiger partial charge in [-0.15, -0.1) is 0 Å². The molecule has 0 spiro atoms. The third-order valence-corrected chi connectivity index (χ3v) is 4.20. The summed E-state index contributed by atoms with van der Waals surface area (Å²) in [6.07, 6.45) is 0.682. The minimum absolute atomic E-state index is 0.295. The summed E-state index contributed by atoms with van der Waals surface area (Å²) in [4.78, 5) is 2.55. The number of thiocarbonyl (C=S) groups is 1. The molecule has 1 fully saturated rings. The average Bonchev–Trinajstić information content (AvgIpc) is 2.32. The van der Waals surface area contributed by atoms with E-state index in [4.69, 9.17) is 18.0 Å². The minimum atomic E-state index is -0.295. The molecule has 1 aromatic carbocycles. The number of β-amino-alcohol motifs (C(OH)–C–C–N with tert-alkyl or cyclic N) is 1. The molecule has 0 radical (unpaired) electrons. The van der Waals surface area contributed by atoms with Crippen molar-refractivity contribution in [1.82, 2.24) is 0 Å². The lowest BCUT2D eigenvalue weighted by atomic mass is 9.95. The van der Waals surface area contributed by atoms with Gasteiger partial charge in [0, 0.05) is 28.8 Å². The van der Waals surface area contributed by atoms with E-state index in [1.54, 1.807) is 0 Å². The van der Waals surface area contributed by atoms with Crippen LogP contribution in [0.3, 0.4) is 0 Å². The monoisotopic (exact) mass is 328 g/mol.